The van der Waals surface area contributed by atoms with E-state index in [0.29, 0.717) is 0 Å². The first-order chi connectivity index (χ1) is 19.3. The molecule has 9 heteroatoms. The number of hydroxylamine groups is 2. The third-order valence-electron chi connectivity index (χ3n) is 9.05. The van der Waals surface area contributed by atoms with Gasteiger partial charge in [0.25, 0.3) is 0 Å². The van der Waals surface area contributed by atoms with Crippen LogP contribution in [0.5, 0.6) is 0 Å². The molecule has 8 atom stereocenters. The Bertz CT molecular complexity index is 1210. The number of benzene rings is 2. The molecule has 1 saturated carbocycles. The van der Waals surface area contributed by atoms with E-state index in [2.05, 4.69) is 49.5 Å². The van der Waals surface area contributed by atoms with Crippen molar-refractivity contribution in [2.75, 3.05) is 0 Å². The fourth-order valence-corrected chi connectivity index (χ4v) is 10.4. The van der Waals surface area contributed by atoms with E-state index in [1.165, 1.54) is 16.0 Å². The van der Waals surface area contributed by atoms with Gasteiger partial charge >= 0.3 is 11.9 Å². The van der Waals surface area contributed by atoms with Gasteiger partial charge in [0.15, 0.2) is 12.4 Å². The number of esters is 2. The molecule has 214 valence electrons. The van der Waals surface area contributed by atoms with Crippen LogP contribution in [-0.4, -0.2) is 62.0 Å². The molecule has 1 aliphatic carbocycles. The summed E-state index contributed by atoms with van der Waals surface area (Å²) in [7, 11) is -2.38. The van der Waals surface area contributed by atoms with Crippen LogP contribution in [0.3, 0.4) is 0 Å². The van der Waals surface area contributed by atoms with Gasteiger partial charge in [-0.3, -0.25) is 9.63 Å². The fourth-order valence-electron chi connectivity index (χ4n) is 7.05. The van der Waals surface area contributed by atoms with Crippen LogP contribution in [0.25, 0.3) is 0 Å². The topological polar surface area (TPSA) is 83.5 Å². The van der Waals surface area contributed by atoms with E-state index in [0.717, 1.165) is 25.7 Å². The highest BCUT2D eigenvalue weighted by atomic mass is 28.3. The van der Waals surface area contributed by atoms with E-state index in [4.69, 9.17) is 23.9 Å². The molecule has 3 heterocycles. The minimum absolute atomic E-state index is 0.0574. The molecule has 0 bridgehead atoms. The molecule has 4 fully saturated rings. The molecule has 6 rings (SSSR count). The molecule has 3 aliphatic heterocycles. The van der Waals surface area contributed by atoms with Crippen molar-refractivity contribution in [3.63, 3.8) is 0 Å². The SMILES string of the molecule is CC(C)OC(=O)C1ON2OC(OC3CCCCC3c3ccccc3)C([Si](C)(C)c3ccccc3)C3OC(=O)C1C32. The van der Waals surface area contributed by atoms with Crippen LogP contribution < -0.4 is 5.19 Å². The lowest BCUT2D eigenvalue weighted by molar-refractivity contribution is -0.446. The first-order valence-corrected chi connectivity index (χ1v) is 17.6. The van der Waals surface area contributed by atoms with Gasteiger partial charge in [-0.05, 0) is 32.3 Å². The average Bonchev–Trinajstić information content (AvgIpc) is 3.50. The lowest BCUT2D eigenvalue weighted by Crippen LogP contribution is -2.63. The van der Waals surface area contributed by atoms with Gasteiger partial charge in [-0.25, -0.2) is 9.63 Å². The van der Waals surface area contributed by atoms with Crippen molar-refractivity contribution >= 4 is 25.2 Å². The molecule has 0 amide bonds. The smallest absolute Gasteiger partial charge is 0.338 e. The van der Waals surface area contributed by atoms with Gasteiger partial charge in [-0.1, -0.05) is 97.0 Å². The van der Waals surface area contributed by atoms with Gasteiger partial charge in [0.2, 0.25) is 0 Å². The molecule has 0 radical (unpaired) electrons. The second-order valence-corrected chi connectivity index (χ2v) is 17.0. The van der Waals surface area contributed by atoms with Crippen molar-refractivity contribution < 1.29 is 33.5 Å². The Kier molecular flexibility index (Phi) is 7.60. The molecular formula is C31H39NO7Si. The monoisotopic (exact) mass is 565 g/mol. The average molecular weight is 566 g/mol. The van der Waals surface area contributed by atoms with E-state index in [-0.39, 0.29) is 23.7 Å². The Morgan fingerprint density at radius 3 is 2.35 bits per heavy atom. The first kappa shape index (κ1) is 27.6. The van der Waals surface area contributed by atoms with Gasteiger partial charge in [0.1, 0.15) is 18.1 Å². The fraction of sp³-hybridized carbons (Fsp3) is 0.548. The summed E-state index contributed by atoms with van der Waals surface area (Å²) in [6, 6.07) is 20.4. The maximum atomic E-state index is 13.3. The lowest BCUT2D eigenvalue weighted by atomic mass is 9.81. The highest BCUT2D eigenvalue weighted by molar-refractivity contribution is 6.91. The van der Waals surface area contributed by atoms with Crippen LogP contribution >= 0.6 is 0 Å². The minimum Gasteiger partial charge on any atom is -0.461 e. The summed E-state index contributed by atoms with van der Waals surface area (Å²) in [6.07, 6.45) is 1.44. The Balaban J connectivity index is 1.36. The zero-order valence-corrected chi connectivity index (χ0v) is 24.6. The molecule has 8 unspecified atom stereocenters. The molecule has 3 saturated heterocycles. The van der Waals surface area contributed by atoms with Crippen molar-refractivity contribution in [1.29, 1.82) is 0 Å². The van der Waals surface area contributed by atoms with E-state index in [1.54, 1.807) is 13.8 Å². The molecule has 2 aromatic rings. The molecular weight excluding hydrogens is 526 g/mol. The second kappa shape index (κ2) is 11.0. The molecule has 2 aromatic carbocycles. The molecule has 8 nitrogen and oxygen atoms in total. The van der Waals surface area contributed by atoms with Crippen LogP contribution in [0.4, 0.5) is 0 Å². The third kappa shape index (κ3) is 4.92. The first-order valence-electron chi connectivity index (χ1n) is 14.6. The number of hydrogen-bond acceptors (Lipinski definition) is 8. The molecule has 0 spiro atoms. The number of nitrogens with zero attached hydrogens (tertiary/aromatic N) is 1. The normalized spacial score (nSPS) is 34.0. The van der Waals surface area contributed by atoms with E-state index in [9.17, 15) is 9.59 Å². The number of ether oxygens (including phenoxy) is 3. The molecule has 0 N–H and O–H groups in total. The number of carbonyl (C=O) groups excluding carboxylic acids is 2. The van der Waals surface area contributed by atoms with Gasteiger partial charge in [0, 0.05) is 11.5 Å². The molecule has 40 heavy (non-hydrogen) atoms. The molecule has 0 aromatic heterocycles. The van der Waals surface area contributed by atoms with Crippen molar-refractivity contribution in [2.24, 2.45) is 5.92 Å². The highest BCUT2D eigenvalue weighted by Gasteiger charge is 2.69. The van der Waals surface area contributed by atoms with E-state index < -0.39 is 50.5 Å². The summed E-state index contributed by atoms with van der Waals surface area (Å²) in [5.41, 5.74) is 1.05. The van der Waals surface area contributed by atoms with Crippen molar-refractivity contribution in [3.05, 3.63) is 66.2 Å². The quantitative estimate of drug-likeness (QED) is 0.360. The van der Waals surface area contributed by atoms with E-state index in [1.807, 2.05) is 24.3 Å². The van der Waals surface area contributed by atoms with Gasteiger partial charge in [-0.15, -0.1) is 0 Å². The number of rotatable bonds is 7. The van der Waals surface area contributed by atoms with Crippen LogP contribution in [0, 0.1) is 5.92 Å². The molecule has 4 aliphatic rings. The number of hydrogen-bond donors (Lipinski definition) is 0. The Labute approximate surface area is 236 Å². The van der Waals surface area contributed by atoms with Crippen LogP contribution in [0.2, 0.25) is 18.6 Å². The predicted octanol–water partition coefficient (Wildman–Crippen LogP) is 4.46. The third-order valence-corrected chi connectivity index (χ3v) is 13.1. The summed E-state index contributed by atoms with van der Waals surface area (Å²) in [5, 5.41) is 2.55. The van der Waals surface area contributed by atoms with Crippen LogP contribution in [-0.2, 0) is 33.5 Å². The van der Waals surface area contributed by atoms with Gasteiger partial charge in [0.05, 0.1) is 20.3 Å². The predicted molar refractivity (Wildman–Crippen MR) is 150 cm³/mol. The zero-order valence-electron chi connectivity index (χ0n) is 23.6. The van der Waals surface area contributed by atoms with Crippen molar-refractivity contribution in [1.82, 2.24) is 5.23 Å². The van der Waals surface area contributed by atoms with Crippen LogP contribution in [0.15, 0.2) is 60.7 Å². The summed E-state index contributed by atoms with van der Waals surface area (Å²) >= 11 is 0. The number of carbonyl (C=O) groups is 2. The lowest BCUT2D eigenvalue weighted by Gasteiger charge is -2.48. The minimum atomic E-state index is -2.38. The summed E-state index contributed by atoms with van der Waals surface area (Å²) in [6.45, 7) is 8.10. The standard InChI is InChI=1S/C31H39NO7Si/c1-19(2)35-30(34)26-24-25-27(37-29(24)33)28(40(3,4)21-15-9-6-10-16-21)31(39-32(25)38-26)36-23-18-12-11-17-22(23)20-13-7-5-8-14-20/h5-10,13-16,19,22-28,31H,11-12,17-18H2,1-4H3. The van der Waals surface area contributed by atoms with Crippen molar-refractivity contribution in [3.8, 4) is 0 Å². The summed E-state index contributed by atoms with van der Waals surface area (Å²) < 4.78 is 18.5. The zero-order chi connectivity index (χ0) is 28.0. The second-order valence-electron chi connectivity index (χ2n) is 12.3. The van der Waals surface area contributed by atoms with Crippen molar-refractivity contribution in [2.45, 2.75) is 101 Å². The van der Waals surface area contributed by atoms with Gasteiger partial charge < -0.3 is 14.2 Å². The van der Waals surface area contributed by atoms with Crippen LogP contribution in [0.1, 0.15) is 51.0 Å². The maximum absolute atomic E-state index is 13.3. The Hall–Kier alpha value is -2.56. The summed E-state index contributed by atoms with van der Waals surface area (Å²) in [4.78, 5) is 38.8. The Morgan fingerprint density at radius 2 is 1.65 bits per heavy atom. The summed E-state index contributed by atoms with van der Waals surface area (Å²) in [5.74, 6) is -1.60. The van der Waals surface area contributed by atoms with E-state index >= 15 is 0 Å². The Morgan fingerprint density at radius 1 is 0.975 bits per heavy atom. The largest absolute Gasteiger partial charge is 0.461 e. The maximum Gasteiger partial charge on any atom is 0.338 e. The van der Waals surface area contributed by atoms with Gasteiger partial charge in [-0.2, -0.15) is 0 Å². The highest BCUT2D eigenvalue weighted by Crippen LogP contribution is 2.51.